The molecule has 0 aliphatic heterocycles. The summed E-state index contributed by atoms with van der Waals surface area (Å²) in [4.78, 5) is 24.9. The Balaban J connectivity index is 2.34. The highest BCUT2D eigenvalue weighted by atomic mass is 79.9. The Morgan fingerprint density at radius 3 is 2.78 bits per heavy atom. The monoisotopic (exact) mass is 317 g/mol. The average molecular weight is 318 g/mol. The molecular weight excluding hydrogens is 298 g/mol. The Morgan fingerprint density at radius 2 is 2.11 bits per heavy atom. The van der Waals surface area contributed by atoms with Crippen molar-refractivity contribution in [2.45, 2.75) is 33.2 Å². The number of aromatic nitrogens is 2. The first kappa shape index (κ1) is 15.2. The summed E-state index contributed by atoms with van der Waals surface area (Å²) in [6, 6.07) is 0. The van der Waals surface area contributed by atoms with Crippen LogP contribution < -0.4 is 16.6 Å². The van der Waals surface area contributed by atoms with Crippen molar-refractivity contribution in [3.63, 3.8) is 0 Å². The minimum absolute atomic E-state index is 0.349. The maximum Gasteiger partial charge on any atom is 0.328 e. The Labute approximate surface area is 115 Å². The van der Waals surface area contributed by atoms with Crippen LogP contribution in [0.15, 0.2) is 20.3 Å². The van der Waals surface area contributed by atoms with E-state index >= 15 is 0 Å². The van der Waals surface area contributed by atoms with Crippen molar-refractivity contribution < 1.29 is 0 Å². The van der Waals surface area contributed by atoms with Gasteiger partial charge in [-0.05, 0) is 47.8 Å². The number of H-pyrrole nitrogens is 1. The molecule has 0 aliphatic rings. The van der Waals surface area contributed by atoms with Crippen LogP contribution in [0, 0.1) is 5.92 Å². The van der Waals surface area contributed by atoms with Crippen LogP contribution in [0.3, 0.4) is 0 Å². The quantitative estimate of drug-likeness (QED) is 0.745. The SMILES string of the molecule is CC(C)CNCCCCn1cc(Br)c(=O)[nH]c1=O. The van der Waals surface area contributed by atoms with Crippen molar-refractivity contribution in [2.24, 2.45) is 5.92 Å². The van der Waals surface area contributed by atoms with Crippen LogP contribution in [0.2, 0.25) is 0 Å². The fourth-order valence-corrected chi connectivity index (χ4v) is 1.92. The van der Waals surface area contributed by atoms with E-state index in [4.69, 9.17) is 0 Å². The molecule has 0 amide bonds. The molecule has 1 aromatic heterocycles. The van der Waals surface area contributed by atoms with Crippen molar-refractivity contribution in [3.05, 3.63) is 31.5 Å². The summed E-state index contributed by atoms with van der Waals surface area (Å²) < 4.78 is 1.91. The summed E-state index contributed by atoms with van der Waals surface area (Å²) in [5.41, 5.74) is -0.729. The molecule has 102 valence electrons. The summed E-state index contributed by atoms with van der Waals surface area (Å²) >= 11 is 3.11. The van der Waals surface area contributed by atoms with Crippen LogP contribution >= 0.6 is 15.9 Å². The number of nitrogens with one attached hydrogen (secondary N) is 2. The lowest BCUT2D eigenvalue weighted by Crippen LogP contribution is -2.30. The minimum Gasteiger partial charge on any atom is -0.316 e. The third-order valence-corrected chi connectivity index (χ3v) is 3.09. The number of aromatic amines is 1. The van der Waals surface area contributed by atoms with Crippen LogP contribution in [-0.4, -0.2) is 22.6 Å². The number of unbranched alkanes of at least 4 members (excludes halogenated alkanes) is 1. The normalized spacial score (nSPS) is 11.1. The van der Waals surface area contributed by atoms with Gasteiger partial charge in [-0.15, -0.1) is 0 Å². The molecule has 1 aromatic rings. The van der Waals surface area contributed by atoms with E-state index in [0.717, 1.165) is 25.9 Å². The van der Waals surface area contributed by atoms with Crippen molar-refractivity contribution >= 4 is 15.9 Å². The van der Waals surface area contributed by atoms with Crippen LogP contribution in [-0.2, 0) is 6.54 Å². The van der Waals surface area contributed by atoms with Gasteiger partial charge in [0, 0.05) is 12.7 Å². The Morgan fingerprint density at radius 1 is 1.39 bits per heavy atom. The molecule has 0 unspecified atom stereocenters. The summed E-state index contributed by atoms with van der Waals surface area (Å²) in [7, 11) is 0. The largest absolute Gasteiger partial charge is 0.328 e. The number of hydrogen-bond donors (Lipinski definition) is 2. The average Bonchev–Trinajstić information content (AvgIpc) is 2.29. The van der Waals surface area contributed by atoms with Gasteiger partial charge in [0.05, 0.1) is 4.47 Å². The molecule has 0 aromatic carbocycles. The first-order chi connectivity index (χ1) is 8.50. The van der Waals surface area contributed by atoms with Gasteiger partial charge in [0.2, 0.25) is 0 Å². The number of halogens is 1. The van der Waals surface area contributed by atoms with Gasteiger partial charge in [0.25, 0.3) is 5.56 Å². The second-order valence-electron chi connectivity index (χ2n) is 4.73. The highest BCUT2D eigenvalue weighted by molar-refractivity contribution is 9.10. The van der Waals surface area contributed by atoms with E-state index in [2.05, 4.69) is 40.1 Å². The van der Waals surface area contributed by atoms with Gasteiger partial charge >= 0.3 is 5.69 Å². The molecule has 0 spiro atoms. The van der Waals surface area contributed by atoms with E-state index in [-0.39, 0.29) is 11.2 Å². The molecule has 1 rings (SSSR count). The van der Waals surface area contributed by atoms with E-state index in [1.54, 1.807) is 6.20 Å². The highest BCUT2D eigenvalue weighted by Crippen LogP contribution is 1.99. The lowest BCUT2D eigenvalue weighted by atomic mass is 10.2. The molecule has 2 N–H and O–H groups in total. The first-order valence-electron chi connectivity index (χ1n) is 6.20. The second kappa shape index (κ2) is 7.53. The third-order valence-electron chi connectivity index (χ3n) is 2.52. The summed E-state index contributed by atoms with van der Waals surface area (Å²) in [5.74, 6) is 0.655. The van der Waals surface area contributed by atoms with Crippen LogP contribution in [0.5, 0.6) is 0 Å². The van der Waals surface area contributed by atoms with Gasteiger partial charge in [-0.25, -0.2) is 4.79 Å². The van der Waals surface area contributed by atoms with E-state index < -0.39 is 0 Å². The van der Waals surface area contributed by atoms with E-state index in [0.29, 0.717) is 16.9 Å². The van der Waals surface area contributed by atoms with Gasteiger partial charge in [-0.3, -0.25) is 14.3 Å². The molecule has 0 saturated heterocycles. The zero-order chi connectivity index (χ0) is 13.5. The van der Waals surface area contributed by atoms with Crippen molar-refractivity contribution in [3.8, 4) is 0 Å². The van der Waals surface area contributed by atoms with Gasteiger partial charge in [0.15, 0.2) is 0 Å². The smallest absolute Gasteiger partial charge is 0.316 e. The minimum atomic E-state index is -0.380. The molecule has 0 saturated carbocycles. The van der Waals surface area contributed by atoms with Crippen LogP contribution in [0.25, 0.3) is 0 Å². The summed E-state index contributed by atoms with van der Waals surface area (Å²) in [5, 5.41) is 3.35. The zero-order valence-electron chi connectivity index (χ0n) is 10.8. The maximum atomic E-state index is 11.5. The Bertz CT molecular complexity index is 479. The Hall–Kier alpha value is -0.880. The van der Waals surface area contributed by atoms with Crippen molar-refractivity contribution in [2.75, 3.05) is 13.1 Å². The van der Waals surface area contributed by atoms with Crippen molar-refractivity contribution in [1.29, 1.82) is 0 Å². The zero-order valence-corrected chi connectivity index (χ0v) is 12.4. The van der Waals surface area contributed by atoms with Gasteiger partial charge < -0.3 is 5.32 Å². The summed E-state index contributed by atoms with van der Waals surface area (Å²) in [6.07, 6.45) is 3.46. The number of rotatable bonds is 7. The molecule has 0 aliphatic carbocycles. The topological polar surface area (TPSA) is 66.9 Å². The molecule has 0 atom stereocenters. The number of hydrogen-bond acceptors (Lipinski definition) is 3. The summed E-state index contributed by atoms with van der Waals surface area (Å²) in [6.45, 7) is 6.94. The standard InChI is InChI=1S/C12H20BrN3O2/c1-9(2)7-14-5-3-4-6-16-8-10(13)11(17)15-12(16)18/h8-9,14H,3-7H2,1-2H3,(H,15,17,18). The lowest BCUT2D eigenvalue weighted by molar-refractivity contribution is 0.513. The number of nitrogens with zero attached hydrogens (tertiary/aromatic N) is 1. The fraction of sp³-hybridized carbons (Fsp3) is 0.667. The van der Waals surface area contributed by atoms with E-state index in [1.807, 2.05) is 0 Å². The predicted molar refractivity (Wildman–Crippen MR) is 76.0 cm³/mol. The molecule has 0 bridgehead atoms. The van der Waals surface area contributed by atoms with Crippen molar-refractivity contribution in [1.82, 2.24) is 14.9 Å². The second-order valence-corrected chi connectivity index (χ2v) is 5.59. The highest BCUT2D eigenvalue weighted by Gasteiger charge is 2.01. The molecule has 5 nitrogen and oxygen atoms in total. The molecule has 18 heavy (non-hydrogen) atoms. The molecular formula is C12H20BrN3O2. The maximum absolute atomic E-state index is 11.5. The molecule has 0 radical (unpaired) electrons. The van der Waals surface area contributed by atoms with E-state index in [1.165, 1.54) is 4.57 Å². The van der Waals surface area contributed by atoms with Crippen LogP contribution in [0.4, 0.5) is 0 Å². The fourth-order valence-electron chi connectivity index (χ4n) is 1.57. The van der Waals surface area contributed by atoms with Gasteiger partial charge in [-0.2, -0.15) is 0 Å². The molecule has 6 heteroatoms. The van der Waals surface area contributed by atoms with Gasteiger partial charge in [-0.1, -0.05) is 13.8 Å². The van der Waals surface area contributed by atoms with Gasteiger partial charge in [0.1, 0.15) is 0 Å². The van der Waals surface area contributed by atoms with E-state index in [9.17, 15) is 9.59 Å². The number of aryl methyl sites for hydroxylation is 1. The van der Waals surface area contributed by atoms with Crippen LogP contribution in [0.1, 0.15) is 26.7 Å². The Kier molecular flexibility index (Phi) is 6.35. The third kappa shape index (κ3) is 5.18. The predicted octanol–water partition coefficient (Wildman–Crippen LogP) is 1.32. The molecule has 1 heterocycles. The first-order valence-corrected chi connectivity index (χ1v) is 7.00. The molecule has 0 fully saturated rings. The lowest BCUT2D eigenvalue weighted by Gasteiger charge is -2.08.